The highest BCUT2D eigenvalue weighted by molar-refractivity contribution is 6.39. The predicted octanol–water partition coefficient (Wildman–Crippen LogP) is 1.59. The summed E-state index contributed by atoms with van der Waals surface area (Å²) in [6.45, 7) is 3.07. The Hall–Kier alpha value is -3.00. The molecule has 4 rings (SSSR count). The molecular weight excluding hydrogens is 400 g/mol. The number of piperazine rings is 1. The molecule has 0 bridgehead atoms. The van der Waals surface area contributed by atoms with Gasteiger partial charge in [0, 0.05) is 37.1 Å². The summed E-state index contributed by atoms with van der Waals surface area (Å²) in [6, 6.07) is 7.73. The molecule has 0 aliphatic carbocycles. The smallest absolute Gasteiger partial charge is 0.251 e. The summed E-state index contributed by atoms with van der Waals surface area (Å²) in [5, 5.41) is -1.09. The van der Waals surface area contributed by atoms with E-state index in [1.54, 1.807) is 28.9 Å². The first-order chi connectivity index (χ1) is 14.7. The number of carbonyl (C=O) groups is 1. The molecule has 4 radical (unpaired) electrons. The number of benzene rings is 1. The highest BCUT2D eigenvalue weighted by atomic mass is 19.1. The molecule has 1 N–H and O–H groups in total. The van der Waals surface area contributed by atoms with Crippen LogP contribution in [-0.2, 0) is 5.34 Å². The second kappa shape index (κ2) is 7.92. The first-order valence-corrected chi connectivity index (χ1v) is 9.74. The topological polar surface area (TPSA) is 69.3 Å². The molecule has 0 spiro atoms. The Balaban J connectivity index is 1.58. The van der Waals surface area contributed by atoms with Crippen LogP contribution in [0.15, 0.2) is 35.1 Å². The molecule has 6 nitrogen and oxygen atoms in total. The number of nitrogens with one attached hydrogen (secondary N) is 1. The van der Waals surface area contributed by atoms with Gasteiger partial charge in [0.1, 0.15) is 5.69 Å². The lowest BCUT2D eigenvalue weighted by Gasteiger charge is -2.46. The average molecular weight is 418 g/mol. The van der Waals surface area contributed by atoms with Crippen LogP contribution >= 0.6 is 0 Å². The number of H-pyrrole nitrogens is 1. The van der Waals surface area contributed by atoms with Crippen LogP contribution in [0.25, 0.3) is 10.9 Å². The van der Waals surface area contributed by atoms with Crippen LogP contribution in [0.5, 0.6) is 0 Å². The Labute approximate surface area is 180 Å². The van der Waals surface area contributed by atoms with Crippen molar-refractivity contribution in [3.63, 3.8) is 0 Å². The van der Waals surface area contributed by atoms with Gasteiger partial charge >= 0.3 is 0 Å². The molecule has 3 aromatic rings. The first-order valence-electron chi connectivity index (χ1n) is 9.74. The molecule has 1 aromatic carbocycles. The zero-order chi connectivity index (χ0) is 22.3. The van der Waals surface area contributed by atoms with Crippen LogP contribution in [0, 0.1) is 18.7 Å². The Morgan fingerprint density at radius 3 is 2.48 bits per heavy atom. The van der Waals surface area contributed by atoms with E-state index in [0.29, 0.717) is 43.4 Å². The zero-order valence-corrected chi connectivity index (χ0v) is 16.9. The molecule has 0 saturated carbocycles. The number of hydrogen-bond acceptors (Lipinski definition) is 5. The molecule has 1 saturated heterocycles. The van der Waals surface area contributed by atoms with Gasteiger partial charge in [-0.05, 0) is 36.0 Å². The number of rotatable bonds is 4. The quantitative estimate of drug-likeness (QED) is 0.396. The highest BCUT2D eigenvalue weighted by Gasteiger charge is 2.33. The van der Waals surface area contributed by atoms with Gasteiger partial charge in [-0.15, -0.1) is 0 Å². The monoisotopic (exact) mass is 418 g/mol. The number of carbonyl (C=O) groups excluding carboxylic acids is 1. The number of aryl methyl sites for hydroxylation is 1. The van der Waals surface area contributed by atoms with Gasteiger partial charge in [0.2, 0.25) is 5.95 Å². The van der Waals surface area contributed by atoms with E-state index in [1.165, 1.54) is 18.2 Å². The molecule has 1 aliphatic heterocycles. The van der Waals surface area contributed by atoms with Crippen molar-refractivity contribution >= 4 is 38.6 Å². The predicted molar refractivity (Wildman–Crippen MR) is 116 cm³/mol. The third kappa shape index (κ3) is 3.76. The van der Waals surface area contributed by atoms with Crippen molar-refractivity contribution in [3.05, 3.63) is 69.3 Å². The van der Waals surface area contributed by atoms with Gasteiger partial charge in [0.15, 0.2) is 12.1 Å². The average Bonchev–Trinajstić information content (AvgIpc) is 2.75. The summed E-state index contributed by atoms with van der Waals surface area (Å²) in [5.41, 5.74) is 0.489. The lowest BCUT2D eigenvalue weighted by molar-refractivity contribution is 0.111. The van der Waals surface area contributed by atoms with Crippen LogP contribution in [0.2, 0.25) is 0 Å². The van der Waals surface area contributed by atoms with Crippen molar-refractivity contribution in [1.29, 1.82) is 0 Å². The van der Waals surface area contributed by atoms with E-state index in [-0.39, 0.29) is 28.0 Å². The number of aromatic nitrogens is 2. The van der Waals surface area contributed by atoms with Crippen molar-refractivity contribution < 1.29 is 13.6 Å². The fraction of sp³-hybridized carbons (Fsp3) is 0.286. The van der Waals surface area contributed by atoms with E-state index in [0.717, 1.165) is 0 Å². The molecule has 31 heavy (non-hydrogen) atoms. The van der Waals surface area contributed by atoms with Crippen LogP contribution in [0.3, 0.4) is 0 Å². The third-order valence-electron chi connectivity index (χ3n) is 5.69. The summed E-state index contributed by atoms with van der Waals surface area (Å²) in [6.07, 6.45) is 0.481. The van der Waals surface area contributed by atoms with Gasteiger partial charge in [0.05, 0.1) is 26.9 Å². The molecule has 1 aliphatic rings. The second-order valence-electron chi connectivity index (χ2n) is 7.64. The van der Waals surface area contributed by atoms with Gasteiger partial charge < -0.3 is 14.8 Å². The maximum atomic E-state index is 15.2. The van der Waals surface area contributed by atoms with Crippen molar-refractivity contribution in [2.75, 3.05) is 31.1 Å². The minimum atomic E-state index is -1.63. The number of fused-ring (bicyclic) bond motifs is 1. The van der Waals surface area contributed by atoms with Crippen molar-refractivity contribution in [1.82, 2.24) is 14.9 Å². The lowest BCUT2D eigenvalue weighted by atomic mass is 9.56. The fourth-order valence-electron chi connectivity index (χ4n) is 3.89. The number of halogens is 2. The molecular formula is C21H18B2F2N4O2. The first kappa shape index (κ1) is 21.2. The summed E-state index contributed by atoms with van der Waals surface area (Å²) in [7, 11) is 12.7. The van der Waals surface area contributed by atoms with E-state index in [1.807, 2.05) is 0 Å². The largest absolute Gasteiger partial charge is 0.365 e. The van der Waals surface area contributed by atoms with Crippen molar-refractivity contribution in [3.8, 4) is 0 Å². The molecule has 154 valence electrons. The fourth-order valence-corrected chi connectivity index (χ4v) is 3.89. The Kier molecular flexibility index (Phi) is 5.43. The van der Waals surface area contributed by atoms with E-state index in [4.69, 9.17) is 15.7 Å². The number of aldehydes is 1. The van der Waals surface area contributed by atoms with Gasteiger partial charge in [0.25, 0.3) is 5.56 Å². The van der Waals surface area contributed by atoms with Crippen LogP contribution in [-0.4, -0.2) is 63.0 Å². The summed E-state index contributed by atoms with van der Waals surface area (Å²) >= 11 is 0. The number of aromatic amines is 1. The van der Waals surface area contributed by atoms with Gasteiger partial charge in [-0.25, -0.2) is 9.37 Å². The summed E-state index contributed by atoms with van der Waals surface area (Å²) in [4.78, 5) is 32.3. The SMILES string of the molecule is [B]C([B])(c1ccc2cc(C)c(=O)[nH]c2c1F)N1CCN(c2ccc(C=O)nc2F)CC1. The van der Waals surface area contributed by atoms with Crippen molar-refractivity contribution in [2.45, 2.75) is 12.3 Å². The molecule has 0 atom stereocenters. The standard InChI is InChI=1S/C21H18B2F2N4O2/c1-12-10-13-2-4-15(17(24)18(13)27-20(12)31)21(22,23)29-8-6-28(7-9-29)16-5-3-14(11-30)26-19(16)25/h2-5,10-11H,6-9H2,1H3,(H,27,31). The van der Waals surface area contributed by atoms with Crippen LogP contribution in [0.1, 0.15) is 21.6 Å². The third-order valence-corrected chi connectivity index (χ3v) is 5.69. The number of pyridine rings is 2. The molecule has 3 heterocycles. The number of anilines is 1. The number of nitrogens with zero attached hydrogens (tertiary/aromatic N) is 3. The van der Waals surface area contributed by atoms with Crippen LogP contribution < -0.4 is 10.5 Å². The second-order valence-corrected chi connectivity index (χ2v) is 7.64. The lowest BCUT2D eigenvalue weighted by Crippen LogP contribution is -2.56. The number of hydrogen-bond donors (Lipinski definition) is 1. The maximum Gasteiger partial charge on any atom is 0.251 e. The zero-order valence-electron chi connectivity index (χ0n) is 16.9. The summed E-state index contributed by atoms with van der Waals surface area (Å²) < 4.78 is 29.5. The Morgan fingerprint density at radius 1 is 1.13 bits per heavy atom. The molecule has 0 amide bonds. The minimum absolute atomic E-state index is 0.0165. The molecule has 2 aromatic heterocycles. The Morgan fingerprint density at radius 2 is 1.84 bits per heavy atom. The molecule has 0 unspecified atom stereocenters. The summed E-state index contributed by atoms with van der Waals surface area (Å²) in [5.74, 6) is -1.41. The van der Waals surface area contributed by atoms with Gasteiger partial charge in [-0.2, -0.15) is 4.39 Å². The highest BCUT2D eigenvalue weighted by Crippen LogP contribution is 2.30. The van der Waals surface area contributed by atoms with E-state index in [9.17, 15) is 14.0 Å². The Bertz CT molecular complexity index is 1220. The van der Waals surface area contributed by atoms with E-state index >= 15 is 4.39 Å². The molecule has 1 fully saturated rings. The van der Waals surface area contributed by atoms with Gasteiger partial charge in [-0.3, -0.25) is 9.59 Å². The van der Waals surface area contributed by atoms with E-state index < -0.39 is 17.1 Å². The maximum absolute atomic E-state index is 15.2. The van der Waals surface area contributed by atoms with Crippen LogP contribution in [0.4, 0.5) is 14.5 Å². The van der Waals surface area contributed by atoms with Crippen molar-refractivity contribution in [2.24, 2.45) is 0 Å². The van der Waals surface area contributed by atoms with E-state index in [2.05, 4.69) is 9.97 Å². The minimum Gasteiger partial charge on any atom is -0.365 e. The molecule has 10 heteroatoms. The normalized spacial score (nSPS) is 15.4. The van der Waals surface area contributed by atoms with Gasteiger partial charge in [-0.1, -0.05) is 12.1 Å².